The summed E-state index contributed by atoms with van der Waals surface area (Å²) < 4.78 is 5.38. The zero-order valence-electron chi connectivity index (χ0n) is 10.2. The maximum Gasteiger partial charge on any atom is 0.0594 e. The molecule has 3 atom stereocenters. The van der Waals surface area contributed by atoms with Gasteiger partial charge in [0.15, 0.2) is 0 Å². The fraction of sp³-hybridized carbons (Fsp3) is 1.00. The first kappa shape index (κ1) is 13.5. The lowest BCUT2D eigenvalue weighted by molar-refractivity contribution is 0.00814. The van der Waals surface area contributed by atoms with Crippen molar-refractivity contribution >= 4 is 15.9 Å². The zero-order chi connectivity index (χ0) is 11.3. The fourth-order valence-corrected chi connectivity index (χ4v) is 2.34. The van der Waals surface area contributed by atoms with Gasteiger partial charge in [0, 0.05) is 24.0 Å². The minimum atomic E-state index is 0.650. The van der Waals surface area contributed by atoms with Gasteiger partial charge in [0.2, 0.25) is 0 Å². The van der Waals surface area contributed by atoms with Crippen molar-refractivity contribution in [2.75, 3.05) is 26.3 Å². The summed E-state index contributed by atoms with van der Waals surface area (Å²) in [7, 11) is 0. The Balaban J connectivity index is 2.27. The number of hydrogen-bond donors (Lipinski definition) is 0. The third-order valence-corrected chi connectivity index (χ3v) is 3.92. The summed E-state index contributed by atoms with van der Waals surface area (Å²) in [4.78, 5) is 3.21. The molecule has 0 radical (unpaired) electrons. The molecule has 0 amide bonds. The third kappa shape index (κ3) is 4.83. The van der Waals surface area contributed by atoms with E-state index < -0.39 is 0 Å². The van der Waals surface area contributed by atoms with E-state index in [-0.39, 0.29) is 0 Å². The van der Waals surface area contributed by atoms with Crippen molar-refractivity contribution in [2.45, 2.75) is 44.5 Å². The lowest BCUT2D eigenvalue weighted by atomic mass is 9.95. The monoisotopic (exact) mass is 277 g/mol. The van der Waals surface area contributed by atoms with Gasteiger partial charge in [-0.2, -0.15) is 0 Å². The molecule has 1 heterocycles. The molecule has 90 valence electrons. The highest BCUT2D eigenvalue weighted by Gasteiger charge is 2.21. The molecule has 0 aliphatic carbocycles. The van der Waals surface area contributed by atoms with Gasteiger partial charge >= 0.3 is 0 Å². The lowest BCUT2D eigenvalue weighted by Gasteiger charge is -2.35. The Morgan fingerprint density at radius 2 is 1.73 bits per heavy atom. The molecule has 1 rings (SSSR count). The molecule has 1 aliphatic rings. The molecule has 0 N–H and O–H groups in total. The Bertz CT molecular complexity index is 169. The second kappa shape index (κ2) is 6.87. The first-order chi connectivity index (χ1) is 7.11. The molecule has 1 saturated heterocycles. The maximum absolute atomic E-state index is 5.38. The summed E-state index contributed by atoms with van der Waals surface area (Å²) in [5.41, 5.74) is 0. The Hall–Kier alpha value is 0.400. The Labute approximate surface area is 102 Å². The summed E-state index contributed by atoms with van der Waals surface area (Å²) in [6.45, 7) is 11.0. The molecule has 1 fully saturated rings. The highest BCUT2D eigenvalue weighted by Crippen LogP contribution is 2.20. The van der Waals surface area contributed by atoms with E-state index >= 15 is 0 Å². The van der Waals surface area contributed by atoms with Crippen LogP contribution in [0.4, 0.5) is 0 Å². The number of nitrogens with zero attached hydrogens (tertiary/aromatic N) is 1. The highest BCUT2D eigenvalue weighted by atomic mass is 79.9. The molecule has 0 aromatic heterocycles. The molecule has 1 aliphatic heterocycles. The first-order valence-electron chi connectivity index (χ1n) is 6.07. The molecule has 0 aromatic rings. The quantitative estimate of drug-likeness (QED) is 0.717. The van der Waals surface area contributed by atoms with E-state index in [1.54, 1.807) is 0 Å². The second-order valence-corrected chi connectivity index (χ2v) is 6.29. The van der Waals surface area contributed by atoms with Crippen LogP contribution in [0, 0.1) is 5.92 Å². The SMILES string of the molecule is C[C@H](Br)CC[C@@H](C)[C@@H](C)N1CCOCC1. The van der Waals surface area contributed by atoms with Crippen LogP contribution in [-0.2, 0) is 4.74 Å². The molecule has 15 heavy (non-hydrogen) atoms. The largest absolute Gasteiger partial charge is 0.379 e. The van der Waals surface area contributed by atoms with E-state index in [0.717, 1.165) is 32.2 Å². The van der Waals surface area contributed by atoms with Crippen LogP contribution in [0.1, 0.15) is 33.6 Å². The van der Waals surface area contributed by atoms with Gasteiger partial charge in [0.05, 0.1) is 13.2 Å². The van der Waals surface area contributed by atoms with Gasteiger partial charge in [-0.05, 0) is 25.7 Å². The first-order valence-corrected chi connectivity index (χ1v) is 6.98. The summed E-state index contributed by atoms with van der Waals surface area (Å²) in [6.07, 6.45) is 2.58. The standard InChI is InChI=1S/C12H24BrNO/c1-10(4-5-11(2)13)12(3)14-6-8-15-9-7-14/h10-12H,4-9H2,1-3H3/t10-,11+,12-/m1/s1. The topological polar surface area (TPSA) is 12.5 Å². The van der Waals surface area contributed by atoms with Crippen molar-refractivity contribution in [3.05, 3.63) is 0 Å². The molecule has 2 nitrogen and oxygen atoms in total. The van der Waals surface area contributed by atoms with Gasteiger partial charge in [-0.3, -0.25) is 4.90 Å². The highest BCUT2D eigenvalue weighted by molar-refractivity contribution is 9.09. The van der Waals surface area contributed by atoms with Crippen LogP contribution in [0.15, 0.2) is 0 Å². The van der Waals surface area contributed by atoms with Crippen LogP contribution < -0.4 is 0 Å². The number of halogens is 1. The number of hydrogen-bond acceptors (Lipinski definition) is 2. The van der Waals surface area contributed by atoms with Crippen LogP contribution in [0.2, 0.25) is 0 Å². The smallest absolute Gasteiger partial charge is 0.0594 e. The van der Waals surface area contributed by atoms with E-state index in [2.05, 4.69) is 41.6 Å². The Morgan fingerprint density at radius 1 is 1.13 bits per heavy atom. The van der Waals surface area contributed by atoms with Crippen molar-refractivity contribution in [3.8, 4) is 0 Å². The summed E-state index contributed by atoms with van der Waals surface area (Å²) in [5.74, 6) is 0.781. The van der Waals surface area contributed by atoms with Crippen LogP contribution >= 0.6 is 15.9 Å². The molecule has 0 bridgehead atoms. The van der Waals surface area contributed by atoms with Crippen molar-refractivity contribution in [3.63, 3.8) is 0 Å². The van der Waals surface area contributed by atoms with Gasteiger partial charge in [-0.25, -0.2) is 0 Å². The molecule has 0 spiro atoms. The predicted octanol–water partition coefficient (Wildman–Crippen LogP) is 2.91. The molecule has 0 aromatic carbocycles. The number of morpholine rings is 1. The third-order valence-electron chi connectivity index (χ3n) is 3.46. The number of ether oxygens (including phenoxy) is 1. The van der Waals surface area contributed by atoms with Gasteiger partial charge in [-0.1, -0.05) is 29.8 Å². The van der Waals surface area contributed by atoms with Crippen molar-refractivity contribution in [1.82, 2.24) is 4.90 Å². The minimum absolute atomic E-state index is 0.650. The van der Waals surface area contributed by atoms with E-state index in [0.29, 0.717) is 10.9 Å². The van der Waals surface area contributed by atoms with Gasteiger partial charge < -0.3 is 4.74 Å². The molecule has 0 unspecified atom stereocenters. The van der Waals surface area contributed by atoms with E-state index in [1.807, 2.05) is 0 Å². The predicted molar refractivity (Wildman–Crippen MR) is 68.6 cm³/mol. The maximum atomic E-state index is 5.38. The van der Waals surface area contributed by atoms with Crippen LogP contribution in [0.25, 0.3) is 0 Å². The molecular formula is C12H24BrNO. The van der Waals surface area contributed by atoms with Crippen molar-refractivity contribution < 1.29 is 4.74 Å². The Morgan fingerprint density at radius 3 is 2.27 bits per heavy atom. The summed E-state index contributed by atoms with van der Waals surface area (Å²) in [5, 5.41) is 0. The fourth-order valence-electron chi connectivity index (χ4n) is 2.08. The van der Waals surface area contributed by atoms with Gasteiger partial charge in [0.1, 0.15) is 0 Å². The Kier molecular flexibility index (Phi) is 6.17. The van der Waals surface area contributed by atoms with E-state index in [9.17, 15) is 0 Å². The molecule has 0 saturated carbocycles. The van der Waals surface area contributed by atoms with Gasteiger partial charge in [-0.15, -0.1) is 0 Å². The average Bonchev–Trinajstić information content (AvgIpc) is 2.26. The minimum Gasteiger partial charge on any atom is -0.379 e. The van der Waals surface area contributed by atoms with Crippen molar-refractivity contribution in [1.29, 1.82) is 0 Å². The zero-order valence-corrected chi connectivity index (χ0v) is 11.8. The van der Waals surface area contributed by atoms with Crippen LogP contribution in [0.3, 0.4) is 0 Å². The van der Waals surface area contributed by atoms with Crippen molar-refractivity contribution in [2.24, 2.45) is 5.92 Å². The van der Waals surface area contributed by atoms with E-state index in [4.69, 9.17) is 4.74 Å². The average molecular weight is 278 g/mol. The lowest BCUT2D eigenvalue weighted by Crippen LogP contribution is -2.44. The summed E-state index contributed by atoms with van der Waals surface area (Å²) >= 11 is 3.61. The second-order valence-electron chi connectivity index (χ2n) is 4.72. The normalized spacial score (nSPS) is 24.8. The number of rotatable bonds is 5. The van der Waals surface area contributed by atoms with Gasteiger partial charge in [0.25, 0.3) is 0 Å². The molecular weight excluding hydrogens is 254 g/mol. The summed E-state index contributed by atoms with van der Waals surface area (Å²) in [6, 6.07) is 0.695. The number of alkyl halides is 1. The van der Waals surface area contributed by atoms with Crippen LogP contribution in [-0.4, -0.2) is 42.1 Å². The van der Waals surface area contributed by atoms with E-state index in [1.165, 1.54) is 12.8 Å². The molecule has 3 heteroatoms. The van der Waals surface area contributed by atoms with Crippen LogP contribution in [0.5, 0.6) is 0 Å².